The molecule has 2 aromatic carbocycles. The van der Waals surface area contributed by atoms with Crippen molar-refractivity contribution in [3.63, 3.8) is 0 Å². The number of imidazole rings is 1. The summed E-state index contributed by atoms with van der Waals surface area (Å²) in [6.07, 6.45) is 10.1. The van der Waals surface area contributed by atoms with Crippen LogP contribution >= 0.6 is 0 Å². The number of amides is 2. The van der Waals surface area contributed by atoms with E-state index in [-0.39, 0.29) is 17.2 Å². The molecule has 1 aromatic heterocycles. The number of aromatic nitrogens is 2. The molecule has 3 heterocycles. The first-order valence-corrected chi connectivity index (χ1v) is 14.3. The fourth-order valence-electron chi connectivity index (χ4n) is 5.95. The van der Waals surface area contributed by atoms with Crippen LogP contribution in [0.5, 0.6) is 5.75 Å². The van der Waals surface area contributed by atoms with Gasteiger partial charge in [0.15, 0.2) is 0 Å². The van der Waals surface area contributed by atoms with E-state index in [9.17, 15) is 9.59 Å². The second-order valence-corrected chi connectivity index (χ2v) is 11.0. The number of piperidine rings is 1. The van der Waals surface area contributed by atoms with Gasteiger partial charge in [0.1, 0.15) is 5.75 Å². The number of nitrogens with one attached hydrogen (secondary N) is 1. The van der Waals surface area contributed by atoms with Crippen LogP contribution in [0.1, 0.15) is 74.2 Å². The van der Waals surface area contributed by atoms with Crippen LogP contribution in [-0.2, 0) is 17.8 Å². The zero-order valence-electron chi connectivity index (χ0n) is 22.6. The number of rotatable bonds is 3. The van der Waals surface area contributed by atoms with Crippen LogP contribution in [0.15, 0.2) is 48.8 Å². The van der Waals surface area contributed by atoms with Gasteiger partial charge in [0, 0.05) is 38.2 Å². The summed E-state index contributed by atoms with van der Waals surface area (Å²) < 4.78 is 8.11. The largest absolute Gasteiger partial charge is 0.493 e. The van der Waals surface area contributed by atoms with E-state index in [0.717, 1.165) is 68.3 Å². The number of hydrogen-bond acceptors (Lipinski definition) is 4. The van der Waals surface area contributed by atoms with Gasteiger partial charge in [0.25, 0.3) is 5.91 Å². The summed E-state index contributed by atoms with van der Waals surface area (Å²) >= 11 is 0. The molecule has 0 atom stereocenters. The van der Waals surface area contributed by atoms with Crippen LogP contribution in [0.3, 0.4) is 0 Å². The van der Waals surface area contributed by atoms with Crippen molar-refractivity contribution in [3.8, 4) is 5.75 Å². The lowest BCUT2D eigenvalue weighted by molar-refractivity contribution is -0.122. The number of aryl methyl sites for hydroxylation is 2. The Labute approximate surface area is 225 Å². The summed E-state index contributed by atoms with van der Waals surface area (Å²) in [4.78, 5) is 32.5. The van der Waals surface area contributed by atoms with E-state index in [2.05, 4.69) is 33.9 Å². The lowest BCUT2D eigenvalue weighted by Gasteiger charge is -2.42. The van der Waals surface area contributed by atoms with E-state index in [4.69, 9.17) is 4.74 Å². The van der Waals surface area contributed by atoms with Gasteiger partial charge in [-0.05, 0) is 80.2 Å². The minimum Gasteiger partial charge on any atom is -0.493 e. The normalized spacial score (nSPS) is 18.9. The van der Waals surface area contributed by atoms with E-state index in [1.807, 2.05) is 41.6 Å². The summed E-state index contributed by atoms with van der Waals surface area (Å²) in [5.41, 5.74) is 3.94. The van der Waals surface area contributed by atoms with Crippen molar-refractivity contribution < 1.29 is 14.3 Å². The molecule has 2 aliphatic heterocycles. The Hall–Kier alpha value is -3.35. The summed E-state index contributed by atoms with van der Waals surface area (Å²) in [6, 6.07) is 14.2. The van der Waals surface area contributed by atoms with Gasteiger partial charge in [-0.2, -0.15) is 0 Å². The van der Waals surface area contributed by atoms with Gasteiger partial charge in [0.2, 0.25) is 5.91 Å². The number of ether oxygens (including phenoxy) is 1. The zero-order chi connectivity index (χ0) is 26.4. The number of carbonyl (C=O) groups is 2. The molecule has 1 fully saturated rings. The Morgan fingerprint density at radius 3 is 2.74 bits per heavy atom. The van der Waals surface area contributed by atoms with Crippen molar-refractivity contribution in [2.24, 2.45) is 5.41 Å². The topological polar surface area (TPSA) is 76.5 Å². The van der Waals surface area contributed by atoms with E-state index in [1.165, 1.54) is 5.56 Å². The van der Waals surface area contributed by atoms with Crippen molar-refractivity contribution in [3.05, 3.63) is 59.9 Å². The fraction of sp³-hybridized carbons (Fsp3) is 0.516. The molecule has 3 aromatic rings. The lowest BCUT2D eigenvalue weighted by Crippen LogP contribution is -2.48. The number of likely N-dealkylation sites (tertiary alicyclic amines) is 1. The predicted molar refractivity (Wildman–Crippen MR) is 149 cm³/mol. The van der Waals surface area contributed by atoms with Crippen molar-refractivity contribution in [1.82, 2.24) is 19.8 Å². The molecular formula is C31H40N4O3. The number of hydrogen-bond donors (Lipinski definition) is 1. The Bertz CT molecular complexity index is 1260. The minimum atomic E-state index is 0.0372. The van der Waals surface area contributed by atoms with E-state index >= 15 is 0 Å². The predicted octanol–water partition coefficient (Wildman–Crippen LogP) is 5.37. The molecule has 2 aliphatic rings. The van der Waals surface area contributed by atoms with E-state index < -0.39 is 0 Å². The molecule has 0 radical (unpaired) electrons. The highest BCUT2D eigenvalue weighted by Crippen LogP contribution is 2.37. The van der Waals surface area contributed by atoms with Crippen molar-refractivity contribution >= 4 is 22.8 Å². The van der Waals surface area contributed by atoms with Crippen LogP contribution in [0, 0.1) is 5.41 Å². The van der Waals surface area contributed by atoms with Gasteiger partial charge in [0.05, 0.1) is 24.0 Å². The molecule has 0 aliphatic carbocycles. The van der Waals surface area contributed by atoms with Gasteiger partial charge >= 0.3 is 0 Å². The van der Waals surface area contributed by atoms with Gasteiger partial charge in [-0.15, -0.1) is 0 Å². The molecule has 0 bridgehead atoms. The Morgan fingerprint density at radius 1 is 1.05 bits per heavy atom. The van der Waals surface area contributed by atoms with Crippen LogP contribution < -0.4 is 10.1 Å². The molecule has 7 nitrogen and oxygen atoms in total. The maximum absolute atomic E-state index is 13.4. The average molecular weight is 517 g/mol. The van der Waals surface area contributed by atoms with E-state index in [0.29, 0.717) is 44.6 Å². The summed E-state index contributed by atoms with van der Waals surface area (Å²) in [6.45, 7) is 5.75. The highest BCUT2D eigenvalue weighted by molar-refractivity contribution is 5.97. The third-order valence-electron chi connectivity index (χ3n) is 8.29. The monoisotopic (exact) mass is 516 g/mol. The Morgan fingerprint density at radius 2 is 1.89 bits per heavy atom. The number of nitrogens with zero attached hydrogens (tertiary/aromatic N) is 3. The molecule has 1 spiro atoms. The van der Waals surface area contributed by atoms with Crippen LogP contribution in [0.25, 0.3) is 11.0 Å². The molecule has 0 saturated carbocycles. The number of para-hydroxylation sites is 1. The van der Waals surface area contributed by atoms with Gasteiger partial charge in [-0.25, -0.2) is 4.98 Å². The Kier molecular flexibility index (Phi) is 8.30. The molecule has 2 amide bonds. The molecule has 1 N–H and O–H groups in total. The smallest absolute Gasteiger partial charge is 0.253 e. The molecule has 1 saturated heterocycles. The first-order chi connectivity index (χ1) is 18.6. The first-order valence-electron chi connectivity index (χ1n) is 14.3. The van der Waals surface area contributed by atoms with Crippen LogP contribution in [-0.4, -0.2) is 52.5 Å². The summed E-state index contributed by atoms with van der Waals surface area (Å²) in [5, 5.41) is 3.22. The van der Waals surface area contributed by atoms with Crippen LogP contribution in [0.2, 0.25) is 0 Å². The van der Waals surface area contributed by atoms with Gasteiger partial charge in [-0.1, -0.05) is 31.5 Å². The summed E-state index contributed by atoms with van der Waals surface area (Å²) in [5.74, 6) is 1.11. The Balaban J connectivity index is 1.24. The molecule has 7 heteroatoms. The highest BCUT2D eigenvalue weighted by Gasteiger charge is 2.36. The second-order valence-electron chi connectivity index (χ2n) is 11.0. The second kappa shape index (κ2) is 12.0. The van der Waals surface area contributed by atoms with Gasteiger partial charge in [-0.3, -0.25) is 9.59 Å². The standard InChI is InChI=1S/C31H40N4O3/c1-2-17-35-23-33-26-21-25(12-13-27(26)35)30(37)34-18-15-31(16-19-34)14-6-5-9-24-8-3-4-10-28(24)38-20-7-11-29(36)32-22-31/h3-4,8,10,12-13,21,23H,2,5-7,9,11,14-20,22H2,1H3,(H,32,36). The third kappa shape index (κ3) is 6.03. The first kappa shape index (κ1) is 26.3. The summed E-state index contributed by atoms with van der Waals surface area (Å²) in [7, 11) is 0. The van der Waals surface area contributed by atoms with Crippen molar-refractivity contribution in [1.29, 1.82) is 0 Å². The molecule has 0 unspecified atom stereocenters. The van der Waals surface area contributed by atoms with E-state index in [1.54, 1.807) is 0 Å². The molecule has 5 rings (SSSR count). The van der Waals surface area contributed by atoms with Crippen LogP contribution in [0.4, 0.5) is 0 Å². The number of carbonyl (C=O) groups excluding carboxylic acids is 2. The maximum atomic E-state index is 13.4. The highest BCUT2D eigenvalue weighted by atomic mass is 16.5. The average Bonchev–Trinajstić information content (AvgIpc) is 3.35. The minimum absolute atomic E-state index is 0.0372. The fourth-order valence-corrected chi connectivity index (χ4v) is 5.95. The quantitative estimate of drug-likeness (QED) is 0.508. The number of benzene rings is 2. The molecule has 38 heavy (non-hydrogen) atoms. The van der Waals surface area contributed by atoms with Gasteiger partial charge < -0.3 is 19.5 Å². The number of fused-ring (bicyclic) bond motifs is 2. The van der Waals surface area contributed by atoms with Crippen molar-refractivity contribution in [2.45, 2.75) is 71.3 Å². The molecular weight excluding hydrogens is 476 g/mol. The van der Waals surface area contributed by atoms with Crippen molar-refractivity contribution in [2.75, 3.05) is 26.2 Å². The lowest BCUT2D eigenvalue weighted by atomic mass is 9.74. The zero-order valence-corrected chi connectivity index (χ0v) is 22.6. The maximum Gasteiger partial charge on any atom is 0.253 e. The third-order valence-corrected chi connectivity index (χ3v) is 8.29. The SMILES string of the molecule is CCCn1cnc2cc(C(=O)N3CCC4(CCCCc5ccccc5OCCCC(=O)NC4)CC3)ccc21. The molecule has 202 valence electrons.